The third kappa shape index (κ3) is 3.31. The number of pyridine rings is 1. The Morgan fingerprint density at radius 3 is 2.83 bits per heavy atom. The number of nitrogens with zero attached hydrogens (tertiary/aromatic N) is 3. The van der Waals surface area contributed by atoms with E-state index in [4.69, 9.17) is 4.42 Å². The van der Waals surface area contributed by atoms with Crippen molar-refractivity contribution in [3.8, 4) is 0 Å². The van der Waals surface area contributed by atoms with Gasteiger partial charge in [-0.15, -0.1) is 0 Å². The highest BCUT2D eigenvalue weighted by Gasteiger charge is 2.39. The highest BCUT2D eigenvalue weighted by molar-refractivity contribution is 7.86. The molecule has 1 atom stereocenters. The first-order chi connectivity index (χ1) is 11.0. The van der Waals surface area contributed by atoms with Crippen molar-refractivity contribution in [3.63, 3.8) is 0 Å². The minimum absolute atomic E-state index is 0.222. The van der Waals surface area contributed by atoms with Gasteiger partial charge in [0.05, 0.1) is 18.3 Å². The lowest BCUT2D eigenvalue weighted by atomic mass is 10.2. The topological polar surface area (TPSA) is 66.7 Å². The van der Waals surface area contributed by atoms with Crippen molar-refractivity contribution in [2.45, 2.75) is 32.4 Å². The number of aryl methyl sites for hydroxylation is 1. The molecule has 0 aliphatic carbocycles. The summed E-state index contributed by atoms with van der Waals surface area (Å²) in [6.07, 6.45) is 3.28. The van der Waals surface area contributed by atoms with E-state index in [0.29, 0.717) is 6.54 Å². The fraction of sp³-hybridized carbons (Fsp3) is 0.438. The largest absolute Gasteiger partial charge is 0.465 e. The molecule has 3 heterocycles. The molecular formula is C16H21N3O3S. The van der Waals surface area contributed by atoms with E-state index in [1.165, 1.54) is 8.61 Å². The summed E-state index contributed by atoms with van der Waals surface area (Å²) < 4.78 is 34.4. The molecule has 1 aliphatic rings. The van der Waals surface area contributed by atoms with Gasteiger partial charge in [-0.05, 0) is 44.0 Å². The van der Waals surface area contributed by atoms with Crippen LogP contribution in [0.3, 0.4) is 0 Å². The lowest BCUT2D eigenvalue weighted by Crippen LogP contribution is -2.41. The Labute approximate surface area is 136 Å². The Morgan fingerprint density at radius 1 is 1.35 bits per heavy atom. The van der Waals surface area contributed by atoms with Gasteiger partial charge in [0.2, 0.25) is 0 Å². The summed E-state index contributed by atoms with van der Waals surface area (Å²) in [6.45, 7) is 2.63. The van der Waals surface area contributed by atoms with E-state index >= 15 is 0 Å². The van der Waals surface area contributed by atoms with E-state index in [1.807, 2.05) is 37.3 Å². The van der Waals surface area contributed by atoms with Gasteiger partial charge in [0.15, 0.2) is 0 Å². The first kappa shape index (κ1) is 16.2. The molecule has 1 saturated heterocycles. The SMILES string of the molecule is Cc1ccc([C@H]2CCCN2S(=O)(=O)N(C)Cc2ccccn2)o1. The van der Waals surface area contributed by atoms with Gasteiger partial charge in [-0.3, -0.25) is 4.98 Å². The Balaban J connectivity index is 1.80. The second-order valence-corrected chi connectivity index (χ2v) is 7.79. The highest BCUT2D eigenvalue weighted by atomic mass is 32.2. The average molecular weight is 335 g/mol. The summed E-state index contributed by atoms with van der Waals surface area (Å²) in [6, 6.07) is 9.01. The first-order valence-corrected chi connectivity index (χ1v) is 9.07. The predicted octanol–water partition coefficient (Wildman–Crippen LogP) is 2.50. The van der Waals surface area contributed by atoms with Crippen LogP contribution >= 0.6 is 0 Å². The molecule has 2 aromatic rings. The Morgan fingerprint density at radius 2 is 2.17 bits per heavy atom. The van der Waals surface area contributed by atoms with Gasteiger partial charge >= 0.3 is 0 Å². The van der Waals surface area contributed by atoms with Crippen LogP contribution in [-0.2, 0) is 16.8 Å². The van der Waals surface area contributed by atoms with Crippen LogP contribution in [0.2, 0.25) is 0 Å². The molecule has 124 valence electrons. The zero-order valence-electron chi connectivity index (χ0n) is 13.3. The van der Waals surface area contributed by atoms with Gasteiger partial charge in [0, 0.05) is 19.8 Å². The third-order valence-corrected chi connectivity index (χ3v) is 6.04. The number of hydrogen-bond donors (Lipinski definition) is 0. The second kappa shape index (κ2) is 6.43. The maximum Gasteiger partial charge on any atom is 0.282 e. The van der Waals surface area contributed by atoms with Crippen molar-refractivity contribution in [2.24, 2.45) is 0 Å². The van der Waals surface area contributed by atoms with Gasteiger partial charge in [-0.25, -0.2) is 0 Å². The molecule has 0 unspecified atom stereocenters. The van der Waals surface area contributed by atoms with Crippen LogP contribution < -0.4 is 0 Å². The summed E-state index contributed by atoms with van der Waals surface area (Å²) in [7, 11) is -1.97. The molecule has 2 aromatic heterocycles. The van der Waals surface area contributed by atoms with E-state index in [2.05, 4.69) is 4.98 Å². The van der Waals surface area contributed by atoms with Crippen LogP contribution in [0.1, 0.15) is 36.1 Å². The smallest absolute Gasteiger partial charge is 0.282 e. The fourth-order valence-electron chi connectivity index (χ4n) is 2.91. The highest BCUT2D eigenvalue weighted by Crippen LogP contribution is 2.35. The van der Waals surface area contributed by atoms with Gasteiger partial charge in [0.25, 0.3) is 10.2 Å². The molecule has 0 aromatic carbocycles. The summed E-state index contributed by atoms with van der Waals surface area (Å²) in [5.41, 5.74) is 0.725. The minimum atomic E-state index is -3.56. The maximum atomic E-state index is 12.9. The molecule has 1 aliphatic heterocycles. The molecule has 0 bridgehead atoms. The molecule has 1 fully saturated rings. The molecule has 0 N–H and O–H groups in total. The van der Waals surface area contributed by atoms with Crippen LogP contribution in [0.25, 0.3) is 0 Å². The van der Waals surface area contributed by atoms with Crippen molar-refractivity contribution in [2.75, 3.05) is 13.6 Å². The van der Waals surface area contributed by atoms with Crippen LogP contribution in [0, 0.1) is 6.92 Å². The number of furan rings is 1. The molecule has 0 saturated carbocycles. The Bertz CT molecular complexity index is 758. The van der Waals surface area contributed by atoms with Gasteiger partial charge in [-0.2, -0.15) is 17.0 Å². The summed E-state index contributed by atoms with van der Waals surface area (Å²) in [4.78, 5) is 4.20. The molecule has 0 spiro atoms. The molecule has 0 amide bonds. The normalized spacial score (nSPS) is 19.5. The average Bonchev–Trinajstić information content (AvgIpc) is 3.16. The number of aromatic nitrogens is 1. The summed E-state index contributed by atoms with van der Waals surface area (Å²) >= 11 is 0. The lowest BCUT2D eigenvalue weighted by Gasteiger charge is -2.27. The zero-order chi connectivity index (χ0) is 16.4. The monoisotopic (exact) mass is 335 g/mol. The zero-order valence-corrected chi connectivity index (χ0v) is 14.2. The van der Waals surface area contributed by atoms with Gasteiger partial charge < -0.3 is 4.42 Å². The maximum absolute atomic E-state index is 12.9. The molecule has 6 nitrogen and oxygen atoms in total. The van der Waals surface area contributed by atoms with Crippen molar-refractivity contribution in [1.29, 1.82) is 0 Å². The van der Waals surface area contributed by atoms with E-state index in [9.17, 15) is 8.42 Å². The van der Waals surface area contributed by atoms with Crippen molar-refractivity contribution >= 4 is 10.2 Å². The fourth-order valence-corrected chi connectivity index (χ4v) is 4.46. The number of hydrogen-bond acceptors (Lipinski definition) is 4. The van der Waals surface area contributed by atoms with Crippen molar-refractivity contribution in [1.82, 2.24) is 13.6 Å². The minimum Gasteiger partial charge on any atom is -0.465 e. The molecule has 23 heavy (non-hydrogen) atoms. The van der Waals surface area contributed by atoms with E-state index in [1.54, 1.807) is 13.2 Å². The molecule has 0 radical (unpaired) electrons. The second-order valence-electron chi connectivity index (χ2n) is 5.80. The van der Waals surface area contributed by atoms with Crippen LogP contribution in [0.4, 0.5) is 0 Å². The van der Waals surface area contributed by atoms with Crippen molar-refractivity contribution < 1.29 is 12.8 Å². The first-order valence-electron chi connectivity index (χ1n) is 7.68. The molecule has 7 heteroatoms. The molecular weight excluding hydrogens is 314 g/mol. The van der Waals surface area contributed by atoms with E-state index in [0.717, 1.165) is 30.1 Å². The van der Waals surface area contributed by atoms with Crippen LogP contribution in [0.5, 0.6) is 0 Å². The molecule has 3 rings (SSSR count). The van der Waals surface area contributed by atoms with Gasteiger partial charge in [0.1, 0.15) is 11.5 Å². The van der Waals surface area contributed by atoms with Crippen LogP contribution in [0.15, 0.2) is 40.9 Å². The third-order valence-electron chi connectivity index (χ3n) is 4.09. The summed E-state index contributed by atoms with van der Waals surface area (Å²) in [5.74, 6) is 1.51. The summed E-state index contributed by atoms with van der Waals surface area (Å²) in [5, 5.41) is 0. The quantitative estimate of drug-likeness (QED) is 0.842. The Hall–Kier alpha value is -1.70. The number of rotatable bonds is 5. The Kier molecular flexibility index (Phi) is 4.52. The van der Waals surface area contributed by atoms with Crippen molar-refractivity contribution in [3.05, 3.63) is 53.7 Å². The van der Waals surface area contributed by atoms with Crippen LogP contribution in [-0.4, -0.2) is 35.6 Å². The predicted molar refractivity (Wildman–Crippen MR) is 86.7 cm³/mol. The lowest BCUT2D eigenvalue weighted by molar-refractivity contribution is 0.307. The van der Waals surface area contributed by atoms with Gasteiger partial charge in [-0.1, -0.05) is 6.07 Å². The van der Waals surface area contributed by atoms with E-state index in [-0.39, 0.29) is 12.6 Å². The standard InChI is InChI=1S/C16H21N3O3S/c1-13-8-9-16(22-13)15-7-5-11-19(15)23(20,21)18(2)12-14-6-3-4-10-17-14/h3-4,6,8-10,15H,5,7,11-12H2,1-2H3/t15-/m1/s1. The van der Waals surface area contributed by atoms with E-state index < -0.39 is 10.2 Å².